The Labute approximate surface area is 72.2 Å². The summed E-state index contributed by atoms with van der Waals surface area (Å²) >= 11 is 2.21. The monoisotopic (exact) mass is 130 g/mol. The summed E-state index contributed by atoms with van der Waals surface area (Å²) in [5.74, 6) is 0. The molecule has 0 unspecified atom stereocenters. The minimum absolute atomic E-state index is 0. The summed E-state index contributed by atoms with van der Waals surface area (Å²) in [6.07, 6.45) is 2.73. The second-order valence-corrected chi connectivity index (χ2v) is 1.35. The van der Waals surface area contributed by atoms with Gasteiger partial charge in [-0.2, -0.15) is 0 Å². The van der Waals surface area contributed by atoms with Crippen LogP contribution in [0, 0.1) is 0 Å². The number of hydrogen-bond donors (Lipinski definition) is 0. The average molecular weight is 131 g/mol. The molecule has 0 rings (SSSR count). The van der Waals surface area contributed by atoms with Crippen molar-refractivity contribution in [3.8, 4) is 0 Å². The molecule has 0 aromatic heterocycles. The Morgan fingerprint density at radius 3 is 1.86 bits per heavy atom. The Balaban J connectivity index is -0.0000000800. The van der Waals surface area contributed by atoms with Gasteiger partial charge in [0.1, 0.15) is 0 Å². The molecule has 40 valence electrons. The molecule has 0 aromatic rings. The van der Waals surface area contributed by atoms with Gasteiger partial charge in [-0.3, -0.25) is 0 Å². The van der Waals surface area contributed by atoms with E-state index in [4.69, 9.17) is 0 Å². The molecule has 0 N–H and O–H groups in total. The van der Waals surface area contributed by atoms with Gasteiger partial charge in [0.2, 0.25) is 0 Å². The summed E-state index contributed by atoms with van der Waals surface area (Å²) in [7, 11) is 0. The van der Waals surface area contributed by atoms with Crippen LogP contribution in [-0.2, 0) is 0 Å². The number of unbranched alkanes of at least 4 members (excludes halogenated alkanes) is 1. The van der Waals surface area contributed by atoms with Gasteiger partial charge < -0.3 is 0 Å². The van der Waals surface area contributed by atoms with Crippen LogP contribution < -0.4 is 0 Å². The molecule has 0 radical (unpaired) electrons. The van der Waals surface area contributed by atoms with E-state index in [0.29, 0.717) is 0 Å². The Kier molecular flexibility index (Phi) is 35.3. The maximum absolute atomic E-state index is 2.21. The summed E-state index contributed by atoms with van der Waals surface area (Å²) in [6, 6.07) is 0. The molecule has 0 saturated carbocycles. The Hall–Kier alpha value is 1.42. The van der Waals surface area contributed by atoms with Crippen LogP contribution in [0.2, 0.25) is 5.09 Å². The van der Waals surface area contributed by atoms with E-state index in [1.807, 2.05) is 0 Å². The van der Waals surface area contributed by atoms with Crippen LogP contribution in [0.1, 0.15) is 19.8 Å². The first-order valence-electron chi connectivity index (χ1n) is 2.41. The first-order valence-corrected chi connectivity index (χ1v) is 2.41. The summed E-state index contributed by atoms with van der Waals surface area (Å²) in [4.78, 5) is 0. The zero-order chi connectivity index (χ0) is 4.12. The Morgan fingerprint density at radius 2 is 1.86 bits per heavy atom. The van der Waals surface area contributed by atoms with Crippen molar-refractivity contribution in [2.45, 2.75) is 24.9 Å². The molecule has 0 nitrogen and oxygen atoms in total. The van der Waals surface area contributed by atoms with E-state index in [1.54, 1.807) is 0 Å². The molecule has 0 bridgehead atoms. The number of rotatable bonds is 2. The topological polar surface area (TPSA) is 0 Å². The maximum atomic E-state index is 2.21. The van der Waals surface area contributed by atoms with Crippen LogP contribution in [0.15, 0.2) is 0 Å². The van der Waals surface area contributed by atoms with Gasteiger partial charge in [-0.15, -0.1) is 12.4 Å². The molecule has 0 saturated heterocycles. The standard InChI is InChI=1S/C4H9.Al.ClH.Li.3H/c1-3-4-2;;;;;;/h1,3-4H2,2H3;;1H;;;;. The van der Waals surface area contributed by atoms with Crippen LogP contribution in [-0.4, -0.2) is 35.1 Å². The molecule has 0 atom stereocenters. The van der Waals surface area contributed by atoms with Crippen LogP contribution in [0.25, 0.3) is 0 Å². The zero-order valence-electron chi connectivity index (χ0n) is 4.53. The van der Waals surface area contributed by atoms with Crippen LogP contribution in [0.3, 0.4) is 0 Å². The zero-order valence-corrected chi connectivity index (χ0v) is 5.35. The van der Waals surface area contributed by atoms with Crippen molar-refractivity contribution in [1.29, 1.82) is 0 Å². The normalized spacial score (nSPS) is 6.14. The van der Waals surface area contributed by atoms with Crippen LogP contribution in [0.4, 0.5) is 0 Å². The summed E-state index contributed by atoms with van der Waals surface area (Å²) < 4.78 is 0. The first-order chi connectivity index (χ1) is 2.41. The van der Waals surface area contributed by atoms with Crippen molar-refractivity contribution in [2.24, 2.45) is 0 Å². The van der Waals surface area contributed by atoms with Crippen molar-refractivity contribution in [2.75, 3.05) is 0 Å². The van der Waals surface area contributed by atoms with Crippen LogP contribution in [0.5, 0.6) is 0 Å². The molecular formula is C4H13AlClLi. The van der Waals surface area contributed by atoms with Gasteiger partial charge in [0.05, 0.1) is 0 Å². The second kappa shape index (κ2) is 15.7. The van der Waals surface area contributed by atoms with Gasteiger partial charge >= 0.3 is 42.6 Å². The van der Waals surface area contributed by atoms with Crippen molar-refractivity contribution in [3.05, 3.63) is 0 Å². The molecule has 0 amide bonds. The van der Waals surface area contributed by atoms with Crippen molar-refractivity contribution in [1.82, 2.24) is 0 Å². The van der Waals surface area contributed by atoms with Gasteiger partial charge in [-0.05, 0) is 0 Å². The minimum atomic E-state index is 0. The third-order valence-electron chi connectivity index (χ3n) is 0.707. The van der Waals surface area contributed by atoms with E-state index in [1.165, 1.54) is 17.9 Å². The molecule has 0 aliphatic rings. The third kappa shape index (κ3) is 18.6. The van der Waals surface area contributed by atoms with Crippen molar-refractivity contribution in [3.63, 3.8) is 0 Å². The average Bonchev–Trinajstić information content (AvgIpc) is 1.41. The van der Waals surface area contributed by atoms with E-state index in [2.05, 4.69) is 24.6 Å². The molecule has 0 heterocycles. The number of hydrogen-bond acceptors (Lipinski definition) is 0. The molecule has 0 aromatic carbocycles. The van der Waals surface area contributed by atoms with E-state index in [9.17, 15) is 0 Å². The van der Waals surface area contributed by atoms with Gasteiger partial charge in [-0.25, -0.2) is 0 Å². The Morgan fingerprint density at radius 1 is 1.43 bits per heavy atom. The van der Waals surface area contributed by atoms with Crippen molar-refractivity contribution >= 4 is 47.5 Å². The fourth-order valence-electron chi connectivity index (χ4n) is 0.354. The molecule has 0 fully saturated rings. The first kappa shape index (κ1) is 15.8. The van der Waals surface area contributed by atoms with Gasteiger partial charge in [0, 0.05) is 0 Å². The van der Waals surface area contributed by atoms with Crippen molar-refractivity contribution < 1.29 is 0 Å². The summed E-state index contributed by atoms with van der Waals surface area (Å²) in [5, 5.41) is 1.34. The molecule has 3 heteroatoms. The molecule has 7 heavy (non-hydrogen) atoms. The second-order valence-electron chi connectivity index (χ2n) is 1.35. The summed E-state index contributed by atoms with van der Waals surface area (Å²) in [6.45, 7) is 2.21. The fourth-order valence-corrected chi connectivity index (χ4v) is 0.354. The predicted octanol–water partition coefficient (Wildman–Crippen LogP) is 0.611. The van der Waals surface area contributed by atoms with Gasteiger partial charge in [0.25, 0.3) is 0 Å². The van der Waals surface area contributed by atoms with Crippen LogP contribution >= 0.6 is 12.4 Å². The molecule has 0 spiro atoms. The van der Waals surface area contributed by atoms with E-state index >= 15 is 0 Å². The van der Waals surface area contributed by atoms with E-state index in [0.717, 1.165) is 0 Å². The predicted molar refractivity (Wildman–Crippen MR) is 42.7 cm³/mol. The fraction of sp³-hybridized carbons (Fsp3) is 1.00. The third-order valence-corrected chi connectivity index (χ3v) is 0.707. The van der Waals surface area contributed by atoms with E-state index in [-0.39, 0.29) is 29.8 Å². The molecule has 0 aliphatic heterocycles. The number of halogens is 1. The van der Waals surface area contributed by atoms with Gasteiger partial charge in [-0.1, -0.05) is 0 Å². The SMILES string of the molecule is Cl.[AlH3].[Li][CH2]CCC. The Bertz CT molecular complexity index is 19.2. The van der Waals surface area contributed by atoms with E-state index < -0.39 is 0 Å². The molecular weight excluding hydrogens is 117 g/mol. The van der Waals surface area contributed by atoms with Gasteiger partial charge in [0.15, 0.2) is 17.4 Å². The molecule has 0 aliphatic carbocycles. The summed E-state index contributed by atoms with van der Waals surface area (Å²) in [5.41, 5.74) is 0. The quantitative estimate of drug-likeness (QED) is 0.481.